The van der Waals surface area contributed by atoms with Gasteiger partial charge in [0, 0.05) is 0 Å². The van der Waals surface area contributed by atoms with E-state index >= 15 is 0 Å². The maximum Gasteiger partial charge on any atom is 0.208 e. The van der Waals surface area contributed by atoms with Crippen molar-refractivity contribution in [2.24, 2.45) is 0 Å². The summed E-state index contributed by atoms with van der Waals surface area (Å²) in [6.07, 6.45) is 0. The van der Waals surface area contributed by atoms with Crippen LogP contribution in [-0.4, -0.2) is 18.6 Å². The standard InChI is InChI=1S/C22H23OS.C7H8O3S/c1-22(2,3)23-20-16-10-11-17-21(20)24(18-12-6-4-7-13-18)19-14-8-5-9-15-19;1-6-2-4-7(5-3-6)11(8,9)10/h4-17H,1-3H3;2-5H,1H3,(H,8,9,10)/q+1;/p-1. The first-order valence-electron chi connectivity index (χ1n) is 11.2. The minimum atomic E-state index is -4.27. The largest absolute Gasteiger partial charge is 0.744 e. The molecule has 0 aliphatic heterocycles. The summed E-state index contributed by atoms with van der Waals surface area (Å²) < 4.78 is 37.4. The average Bonchev–Trinajstić information content (AvgIpc) is 2.81. The maximum absolute atomic E-state index is 10.4. The zero-order chi connectivity index (χ0) is 25.5. The molecule has 0 saturated heterocycles. The lowest BCUT2D eigenvalue weighted by Crippen LogP contribution is -2.24. The molecule has 0 spiro atoms. The van der Waals surface area contributed by atoms with Gasteiger partial charge in [-0.25, -0.2) is 8.42 Å². The molecule has 0 N–H and O–H groups in total. The summed E-state index contributed by atoms with van der Waals surface area (Å²) in [6, 6.07) is 35.5. The summed E-state index contributed by atoms with van der Waals surface area (Å²) in [5.41, 5.74) is 0.704. The van der Waals surface area contributed by atoms with Crippen molar-refractivity contribution in [3.63, 3.8) is 0 Å². The second kappa shape index (κ2) is 11.6. The van der Waals surface area contributed by atoms with Gasteiger partial charge in [0.1, 0.15) is 26.6 Å². The molecule has 0 fully saturated rings. The first kappa shape index (κ1) is 26.5. The molecule has 0 saturated carbocycles. The lowest BCUT2D eigenvalue weighted by Gasteiger charge is -2.22. The van der Waals surface area contributed by atoms with Crippen LogP contribution in [0.5, 0.6) is 5.75 Å². The van der Waals surface area contributed by atoms with E-state index in [1.807, 2.05) is 13.0 Å². The highest BCUT2D eigenvalue weighted by atomic mass is 32.2. The van der Waals surface area contributed by atoms with E-state index in [1.165, 1.54) is 26.8 Å². The van der Waals surface area contributed by atoms with E-state index in [2.05, 4.69) is 99.6 Å². The maximum atomic E-state index is 10.4. The molecule has 0 aliphatic rings. The van der Waals surface area contributed by atoms with E-state index < -0.39 is 10.1 Å². The van der Waals surface area contributed by atoms with Crippen LogP contribution in [0.3, 0.4) is 0 Å². The van der Waals surface area contributed by atoms with Crippen LogP contribution in [0.25, 0.3) is 0 Å². The summed E-state index contributed by atoms with van der Waals surface area (Å²) in [4.78, 5) is 3.65. The number of para-hydroxylation sites is 1. The van der Waals surface area contributed by atoms with Crippen molar-refractivity contribution < 1.29 is 17.7 Å². The molecule has 0 aliphatic carbocycles. The van der Waals surface area contributed by atoms with Crippen LogP contribution >= 0.6 is 0 Å². The number of rotatable bonds is 5. The van der Waals surface area contributed by atoms with Gasteiger partial charge in [-0.3, -0.25) is 0 Å². The quantitative estimate of drug-likeness (QED) is 0.219. The van der Waals surface area contributed by atoms with Crippen molar-refractivity contribution in [2.45, 2.75) is 52.9 Å². The minimum absolute atomic E-state index is 0.178. The molecule has 0 atom stereocenters. The van der Waals surface area contributed by atoms with E-state index in [1.54, 1.807) is 12.1 Å². The van der Waals surface area contributed by atoms with Crippen LogP contribution in [0.1, 0.15) is 26.3 Å². The van der Waals surface area contributed by atoms with Crippen molar-refractivity contribution in [1.29, 1.82) is 0 Å². The van der Waals surface area contributed by atoms with Crippen molar-refractivity contribution in [1.82, 2.24) is 0 Å². The molecule has 0 heterocycles. The van der Waals surface area contributed by atoms with Gasteiger partial charge in [-0.15, -0.1) is 0 Å². The molecular weight excluding hydrogens is 476 g/mol. The molecule has 4 rings (SSSR count). The Balaban J connectivity index is 0.000000261. The highest BCUT2D eigenvalue weighted by molar-refractivity contribution is 7.97. The molecule has 0 unspecified atom stereocenters. The molecule has 35 heavy (non-hydrogen) atoms. The molecule has 4 aromatic rings. The smallest absolute Gasteiger partial charge is 0.208 e. The summed E-state index contributed by atoms with van der Waals surface area (Å²) in [5.74, 6) is 0.959. The van der Waals surface area contributed by atoms with Gasteiger partial charge < -0.3 is 9.29 Å². The van der Waals surface area contributed by atoms with Gasteiger partial charge in [0.25, 0.3) is 0 Å². The fourth-order valence-corrected chi connectivity index (χ4v) is 5.87. The van der Waals surface area contributed by atoms with Gasteiger partial charge in [0.05, 0.1) is 4.90 Å². The summed E-state index contributed by atoms with van der Waals surface area (Å²) in [5, 5.41) is 0. The van der Waals surface area contributed by atoms with Gasteiger partial charge in [-0.1, -0.05) is 66.2 Å². The molecule has 182 valence electrons. The fourth-order valence-electron chi connectivity index (χ4n) is 3.24. The van der Waals surface area contributed by atoms with Gasteiger partial charge in [-0.2, -0.15) is 0 Å². The zero-order valence-electron chi connectivity index (χ0n) is 20.3. The Morgan fingerprint density at radius 3 is 1.60 bits per heavy atom. The Kier molecular flexibility index (Phi) is 8.78. The number of benzene rings is 4. The summed E-state index contributed by atoms with van der Waals surface area (Å²) in [7, 11) is -4.46. The molecular formula is C29H30O4S2. The Bertz CT molecular complexity index is 1270. The number of hydrogen-bond donors (Lipinski definition) is 0. The van der Waals surface area contributed by atoms with E-state index in [-0.39, 0.29) is 21.4 Å². The van der Waals surface area contributed by atoms with Crippen molar-refractivity contribution in [3.05, 3.63) is 115 Å². The van der Waals surface area contributed by atoms with Gasteiger partial charge in [0.15, 0.2) is 15.5 Å². The van der Waals surface area contributed by atoms with Gasteiger partial charge in [-0.05, 0) is 76.2 Å². The molecule has 0 radical (unpaired) electrons. The van der Waals surface area contributed by atoms with Gasteiger partial charge >= 0.3 is 0 Å². The summed E-state index contributed by atoms with van der Waals surface area (Å²) >= 11 is 0. The van der Waals surface area contributed by atoms with Crippen molar-refractivity contribution in [2.75, 3.05) is 0 Å². The molecule has 0 amide bonds. The van der Waals surface area contributed by atoms with E-state index in [0.29, 0.717) is 0 Å². The van der Waals surface area contributed by atoms with Crippen LogP contribution in [0.4, 0.5) is 0 Å². The lowest BCUT2D eigenvalue weighted by atomic mass is 10.2. The molecule has 0 aromatic heterocycles. The van der Waals surface area contributed by atoms with E-state index in [4.69, 9.17) is 4.74 Å². The summed E-state index contributed by atoms with van der Waals surface area (Å²) in [6.45, 7) is 8.09. The minimum Gasteiger partial charge on any atom is -0.744 e. The topological polar surface area (TPSA) is 66.4 Å². The van der Waals surface area contributed by atoms with E-state index in [0.717, 1.165) is 11.3 Å². The second-order valence-electron chi connectivity index (χ2n) is 8.86. The predicted molar refractivity (Wildman–Crippen MR) is 141 cm³/mol. The van der Waals surface area contributed by atoms with E-state index in [9.17, 15) is 13.0 Å². The third-order valence-electron chi connectivity index (χ3n) is 4.75. The third kappa shape index (κ3) is 7.99. The van der Waals surface area contributed by atoms with Crippen molar-refractivity contribution >= 4 is 21.0 Å². The molecule has 0 bridgehead atoms. The highest BCUT2D eigenvalue weighted by Crippen LogP contribution is 2.37. The van der Waals surface area contributed by atoms with Crippen LogP contribution in [0.15, 0.2) is 129 Å². The van der Waals surface area contributed by atoms with Crippen LogP contribution in [0, 0.1) is 6.92 Å². The number of aryl methyl sites for hydroxylation is 1. The van der Waals surface area contributed by atoms with Crippen LogP contribution in [0.2, 0.25) is 0 Å². The fraction of sp³-hybridized carbons (Fsp3) is 0.172. The third-order valence-corrected chi connectivity index (χ3v) is 7.87. The first-order chi connectivity index (χ1) is 16.5. The molecule has 6 heteroatoms. The molecule has 4 aromatic carbocycles. The zero-order valence-corrected chi connectivity index (χ0v) is 22.0. The van der Waals surface area contributed by atoms with Crippen molar-refractivity contribution in [3.8, 4) is 5.75 Å². The second-order valence-corrected chi connectivity index (χ2v) is 12.2. The Hall–Kier alpha value is -3.06. The Morgan fingerprint density at radius 2 is 1.14 bits per heavy atom. The first-order valence-corrected chi connectivity index (χ1v) is 13.8. The molecule has 4 nitrogen and oxygen atoms in total. The monoisotopic (exact) mass is 506 g/mol. The van der Waals surface area contributed by atoms with Gasteiger partial charge in [0.2, 0.25) is 4.90 Å². The Morgan fingerprint density at radius 1 is 0.686 bits per heavy atom. The number of ether oxygens (including phenoxy) is 1. The average molecular weight is 507 g/mol. The Labute approximate surface area is 211 Å². The normalized spacial score (nSPS) is 11.5. The highest BCUT2D eigenvalue weighted by Gasteiger charge is 2.32. The SMILES string of the molecule is CC(C)(C)Oc1ccccc1[S+](c1ccccc1)c1ccccc1.Cc1ccc(S(=O)(=O)[O-])cc1. The number of hydrogen-bond acceptors (Lipinski definition) is 4. The lowest BCUT2D eigenvalue weighted by molar-refractivity contribution is 0.127. The predicted octanol–water partition coefficient (Wildman–Crippen LogP) is 6.86. The van der Waals surface area contributed by atoms with Crippen LogP contribution in [-0.2, 0) is 21.0 Å². The van der Waals surface area contributed by atoms with Crippen LogP contribution < -0.4 is 4.74 Å².